The van der Waals surface area contributed by atoms with Gasteiger partial charge in [-0.25, -0.2) is 0 Å². The molecule has 0 bridgehead atoms. The predicted octanol–water partition coefficient (Wildman–Crippen LogP) is 2.13. The zero-order valence-electron chi connectivity index (χ0n) is 15.9. The number of aromatic nitrogens is 2. The fourth-order valence-corrected chi connectivity index (χ4v) is 2.75. The summed E-state index contributed by atoms with van der Waals surface area (Å²) in [4.78, 5) is 12.0. The number of amides is 1. The summed E-state index contributed by atoms with van der Waals surface area (Å²) in [6.07, 6.45) is 6.65. The van der Waals surface area contributed by atoms with E-state index in [-0.39, 0.29) is 5.91 Å². The average Bonchev–Trinajstić information content (AvgIpc) is 3.07. The van der Waals surface area contributed by atoms with Crippen LogP contribution in [0.3, 0.4) is 0 Å². The Labute approximate surface area is 154 Å². The number of hydrogen-bond acceptors (Lipinski definition) is 5. The third-order valence-corrected chi connectivity index (χ3v) is 4.09. The van der Waals surface area contributed by atoms with Gasteiger partial charge in [0.1, 0.15) is 0 Å². The lowest BCUT2D eigenvalue weighted by atomic mass is 10.1. The van der Waals surface area contributed by atoms with Crippen molar-refractivity contribution >= 4 is 5.91 Å². The molecule has 142 valence electrons. The number of nitrogens with one attached hydrogen (secondary N) is 1. The first-order valence-corrected chi connectivity index (χ1v) is 8.60. The zero-order valence-corrected chi connectivity index (χ0v) is 15.9. The summed E-state index contributed by atoms with van der Waals surface area (Å²) in [6.45, 7) is 0.656. The summed E-state index contributed by atoms with van der Waals surface area (Å²) >= 11 is 0. The first-order valence-electron chi connectivity index (χ1n) is 8.60. The molecule has 1 N–H and O–H groups in total. The Hall–Kier alpha value is -2.70. The highest BCUT2D eigenvalue weighted by molar-refractivity contribution is 5.76. The summed E-state index contributed by atoms with van der Waals surface area (Å²) in [6, 6.07) is 3.74. The van der Waals surface area contributed by atoms with E-state index in [9.17, 15) is 4.79 Å². The van der Waals surface area contributed by atoms with E-state index in [1.54, 1.807) is 26.0 Å². The molecule has 0 unspecified atom stereocenters. The fourth-order valence-electron chi connectivity index (χ4n) is 2.75. The van der Waals surface area contributed by atoms with Gasteiger partial charge in [-0.2, -0.15) is 5.10 Å². The van der Waals surface area contributed by atoms with Crippen LogP contribution in [0.5, 0.6) is 17.2 Å². The number of nitrogens with zero attached hydrogens (tertiary/aromatic N) is 2. The predicted molar refractivity (Wildman–Crippen MR) is 99.0 cm³/mol. The van der Waals surface area contributed by atoms with Crippen LogP contribution >= 0.6 is 0 Å². The van der Waals surface area contributed by atoms with E-state index in [0.717, 1.165) is 18.4 Å². The van der Waals surface area contributed by atoms with Crippen LogP contribution in [0.15, 0.2) is 24.5 Å². The Morgan fingerprint density at radius 2 is 1.77 bits per heavy atom. The highest BCUT2D eigenvalue weighted by Gasteiger charge is 2.13. The molecule has 0 radical (unpaired) electrons. The molecule has 0 saturated heterocycles. The summed E-state index contributed by atoms with van der Waals surface area (Å²) in [5, 5.41) is 7.09. The van der Waals surface area contributed by atoms with Crippen LogP contribution in [0, 0.1) is 0 Å². The van der Waals surface area contributed by atoms with Gasteiger partial charge in [-0.05, 0) is 42.5 Å². The second-order valence-electron chi connectivity index (χ2n) is 6.01. The highest BCUT2D eigenvalue weighted by atomic mass is 16.5. The van der Waals surface area contributed by atoms with Gasteiger partial charge in [-0.3, -0.25) is 9.48 Å². The number of aryl methyl sites for hydroxylation is 3. The second-order valence-corrected chi connectivity index (χ2v) is 6.01. The van der Waals surface area contributed by atoms with Gasteiger partial charge in [0.15, 0.2) is 11.5 Å². The Morgan fingerprint density at radius 3 is 2.31 bits per heavy atom. The number of carbonyl (C=O) groups excluding carboxylic acids is 1. The summed E-state index contributed by atoms with van der Waals surface area (Å²) < 4.78 is 17.8. The van der Waals surface area contributed by atoms with Crippen molar-refractivity contribution < 1.29 is 19.0 Å². The van der Waals surface area contributed by atoms with Crippen LogP contribution in [0.1, 0.15) is 24.0 Å². The van der Waals surface area contributed by atoms with Crippen molar-refractivity contribution in [3.63, 3.8) is 0 Å². The molecule has 7 nitrogen and oxygen atoms in total. The van der Waals surface area contributed by atoms with Crippen molar-refractivity contribution in [2.24, 2.45) is 7.05 Å². The standard InChI is InChI=1S/C19H27N3O4/c1-22-13-15(12-21-22)6-5-9-20-18(23)8-7-14-10-16(24-2)19(26-4)17(11-14)25-3/h10-13H,5-9H2,1-4H3,(H,20,23). The molecular formula is C19H27N3O4. The lowest BCUT2D eigenvalue weighted by Gasteiger charge is -2.14. The van der Waals surface area contributed by atoms with Gasteiger partial charge in [0.05, 0.1) is 27.5 Å². The Bertz CT molecular complexity index is 702. The number of rotatable bonds is 10. The number of hydrogen-bond donors (Lipinski definition) is 1. The van der Waals surface area contributed by atoms with Gasteiger partial charge in [0, 0.05) is 26.2 Å². The average molecular weight is 361 g/mol. The minimum Gasteiger partial charge on any atom is -0.493 e. The van der Waals surface area contributed by atoms with Gasteiger partial charge >= 0.3 is 0 Å². The summed E-state index contributed by atoms with van der Waals surface area (Å²) in [7, 11) is 6.62. The van der Waals surface area contributed by atoms with Crippen LogP contribution in [0.4, 0.5) is 0 Å². The zero-order chi connectivity index (χ0) is 18.9. The maximum Gasteiger partial charge on any atom is 0.220 e. The maximum atomic E-state index is 12.0. The van der Waals surface area contributed by atoms with Crippen molar-refractivity contribution in [1.82, 2.24) is 15.1 Å². The molecule has 0 saturated carbocycles. The van der Waals surface area contributed by atoms with Crippen molar-refractivity contribution in [1.29, 1.82) is 0 Å². The van der Waals surface area contributed by atoms with E-state index < -0.39 is 0 Å². The van der Waals surface area contributed by atoms with Crippen molar-refractivity contribution in [2.75, 3.05) is 27.9 Å². The van der Waals surface area contributed by atoms with E-state index >= 15 is 0 Å². The normalized spacial score (nSPS) is 10.5. The van der Waals surface area contributed by atoms with Crippen molar-refractivity contribution in [3.05, 3.63) is 35.7 Å². The van der Waals surface area contributed by atoms with Crippen LogP contribution in [0.25, 0.3) is 0 Å². The van der Waals surface area contributed by atoms with Crippen LogP contribution < -0.4 is 19.5 Å². The van der Waals surface area contributed by atoms with E-state index in [4.69, 9.17) is 14.2 Å². The van der Waals surface area contributed by atoms with Gasteiger partial charge in [-0.1, -0.05) is 0 Å². The van der Waals surface area contributed by atoms with Crippen molar-refractivity contribution in [2.45, 2.75) is 25.7 Å². The molecule has 1 heterocycles. The third-order valence-electron chi connectivity index (χ3n) is 4.09. The molecular weight excluding hydrogens is 334 g/mol. The van der Waals surface area contributed by atoms with Crippen LogP contribution in [0.2, 0.25) is 0 Å². The number of methoxy groups -OCH3 is 3. The number of benzene rings is 1. The van der Waals surface area contributed by atoms with Gasteiger partial charge in [0.25, 0.3) is 0 Å². The SMILES string of the molecule is COc1cc(CCC(=O)NCCCc2cnn(C)c2)cc(OC)c1OC. The first-order chi connectivity index (χ1) is 12.6. The summed E-state index contributed by atoms with van der Waals surface area (Å²) in [5.74, 6) is 1.78. The lowest BCUT2D eigenvalue weighted by Crippen LogP contribution is -2.24. The van der Waals surface area contributed by atoms with E-state index in [2.05, 4.69) is 10.4 Å². The molecule has 1 amide bonds. The molecule has 0 aliphatic rings. The molecule has 0 atom stereocenters. The number of carbonyl (C=O) groups is 1. The van der Waals surface area contributed by atoms with E-state index in [1.807, 2.05) is 31.6 Å². The van der Waals surface area contributed by atoms with Crippen LogP contribution in [-0.4, -0.2) is 43.6 Å². The highest BCUT2D eigenvalue weighted by Crippen LogP contribution is 2.38. The Kier molecular flexibility index (Phi) is 7.32. The maximum absolute atomic E-state index is 12.0. The van der Waals surface area contributed by atoms with Gasteiger partial charge < -0.3 is 19.5 Å². The quantitative estimate of drug-likeness (QED) is 0.656. The van der Waals surface area contributed by atoms with E-state index in [0.29, 0.717) is 36.6 Å². The molecule has 7 heteroatoms. The summed E-state index contributed by atoms with van der Waals surface area (Å²) in [5.41, 5.74) is 2.14. The molecule has 1 aromatic heterocycles. The van der Waals surface area contributed by atoms with Crippen molar-refractivity contribution in [3.8, 4) is 17.2 Å². The van der Waals surface area contributed by atoms with Crippen LogP contribution in [-0.2, 0) is 24.7 Å². The molecule has 0 aliphatic carbocycles. The molecule has 26 heavy (non-hydrogen) atoms. The number of ether oxygens (including phenoxy) is 3. The van der Waals surface area contributed by atoms with Gasteiger partial charge in [0.2, 0.25) is 11.7 Å². The van der Waals surface area contributed by atoms with Gasteiger partial charge in [-0.15, -0.1) is 0 Å². The smallest absolute Gasteiger partial charge is 0.220 e. The largest absolute Gasteiger partial charge is 0.493 e. The molecule has 1 aromatic carbocycles. The third kappa shape index (κ3) is 5.40. The molecule has 2 rings (SSSR count). The van der Waals surface area contributed by atoms with E-state index in [1.165, 1.54) is 5.56 Å². The lowest BCUT2D eigenvalue weighted by molar-refractivity contribution is -0.121. The second kappa shape index (κ2) is 9.70. The molecule has 2 aromatic rings. The topological polar surface area (TPSA) is 74.6 Å². The minimum atomic E-state index is 0.0324. The monoisotopic (exact) mass is 361 g/mol. The fraction of sp³-hybridized carbons (Fsp3) is 0.474. The Morgan fingerprint density at radius 1 is 1.08 bits per heavy atom. The molecule has 0 aliphatic heterocycles. The molecule has 0 spiro atoms. The molecule has 0 fully saturated rings. The Balaban J connectivity index is 1.79. The first kappa shape index (κ1) is 19.6. The minimum absolute atomic E-state index is 0.0324.